The molecule has 0 aliphatic carbocycles. The Morgan fingerprint density at radius 2 is 1.20 bits per heavy atom. The zero-order valence-corrected chi connectivity index (χ0v) is 22.2. The third kappa shape index (κ3) is 3.48. The van der Waals surface area contributed by atoms with Crippen molar-refractivity contribution in [3.8, 4) is 39.4 Å². The van der Waals surface area contributed by atoms with Crippen molar-refractivity contribution in [3.63, 3.8) is 0 Å². The topological polar surface area (TPSA) is 36.9 Å². The third-order valence-corrected chi connectivity index (χ3v) is 8.98. The second-order valence-corrected chi connectivity index (χ2v) is 11.1. The molecule has 3 heteroatoms. The van der Waals surface area contributed by atoms with Crippen molar-refractivity contribution in [2.75, 3.05) is 0 Å². The molecule has 0 bridgehead atoms. The van der Waals surface area contributed by atoms with E-state index < -0.39 is 0 Å². The van der Waals surface area contributed by atoms with Crippen molar-refractivity contribution < 1.29 is 4.42 Å². The largest absolute Gasteiger partial charge is 0.456 e. The Morgan fingerprint density at radius 1 is 0.500 bits per heavy atom. The van der Waals surface area contributed by atoms with Crippen molar-refractivity contribution >= 4 is 53.4 Å². The zero-order valence-electron chi connectivity index (χ0n) is 21.4. The minimum atomic E-state index is 0.664. The van der Waals surface area contributed by atoms with Gasteiger partial charge in [-0.2, -0.15) is 5.26 Å². The number of hydrogen-bond donors (Lipinski definition) is 0. The molecular weight excluding hydrogens is 506 g/mol. The number of hydrogen-bond acceptors (Lipinski definition) is 3. The summed E-state index contributed by atoms with van der Waals surface area (Å²) in [5, 5.41) is 14.8. The molecule has 0 amide bonds. The molecule has 6 aromatic carbocycles. The molecule has 0 spiro atoms. The molecule has 2 nitrogen and oxygen atoms in total. The van der Waals surface area contributed by atoms with Crippen LogP contribution < -0.4 is 0 Å². The highest BCUT2D eigenvalue weighted by Gasteiger charge is 2.17. The van der Waals surface area contributed by atoms with Crippen LogP contribution in [0.15, 0.2) is 132 Å². The first-order chi connectivity index (χ1) is 19.8. The van der Waals surface area contributed by atoms with Gasteiger partial charge in [-0.3, -0.25) is 0 Å². The van der Waals surface area contributed by atoms with E-state index in [1.54, 1.807) is 0 Å². The minimum absolute atomic E-state index is 0.664. The Bertz CT molecular complexity index is 2300. The van der Waals surface area contributed by atoms with Crippen molar-refractivity contribution in [2.45, 2.75) is 0 Å². The van der Waals surface area contributed by atoms with Gasteiger partial charge in [-0.05, 0) is 58.7 Å². The van der Waals surface area contributed by atoms with Gasteiger partial charge in [0.15, 0.2) is 0 Å². The van der Waals surface area contributed by atoms with Gasteiger partial charge in [-0.25, -0.2) is 0 Å². The lowest BCUT2D eigenvalue weighted by Crippen LogP contribution is -1.91. The maximum atomic E-state index is 10.0. The highest BCUT2D eigenvalue weighted by Crippen LogP contribution is 2.44. The molecule has 0 saturated heterocycles. The first kappa shape index (κ1) is 22.8. The molecule has 0 radical (unpaired) electrons. The Morgan fingerprint density at radius 3 is 2.12 bits per heavy atom. The monoisotopic (exact) mass is 527 g/mol. The predicted molar refractivity (Wildman–Crippen MR) is 168 cm³/mol. The van der Waals surface area contributed by atoms with Crippen LogP contribution in [0.2, 0.25) is 0 Å². The molecule has 0 aliphatic rings. The lowest BCUT2D eigenvalue weighted by Gasteiger charge is -2.15. The Kier molecular flexibility index (Phi) is 5.10. The quantitative estimate of drug-likeness (QED) is 0.229. The van der Waals surface area contributed by atoms with Crippen LogP contribution in [0.3, 0.4) is 0 Å². The number of thiophene rings is 1. The van der Waals surface area contributed by atoms with Crippen molar-refractivity contribution in [1.29, 1.82) is 5.26 Å². The second-order valence-electron chi connectivity index (χ2n) is 10.0. The molecule has 2 heterocycles. The fourth-order valence-corrected chi connectivity index (χ4v) is 7.09. The molecule has 0 fully saturated rings. The summed E-state index contributed by atoms with van der Waals surface area (Å²) in [4.78, 5) is 0. The van der Waals surface area contributed by atoms with Crippen molar-refractivity contribution in [1.82, 2.24) is 0 Å². The fraction of sp³-hybridized carbons (Fsp3) is 0. The average molecular weight is 528 g/mol. The standard InChI is InChI=1S/C37H21NOS/c38-22-25-8-1-2-9-26(25)33-20-23(24-17-19-29-28-10-3-5-14-34(28)39-35(29)21-24)16-18-27(33)31-12-7-13-32-30-11-4-6-15-36(30)40-37(31)32/h1-21H. The number of fused-ring (bicyclic) bond motifs is 6. The molecule has 0 atom stereocenters. The van der Waals surface area contributed by atoms with E-state index >= 15 is 0 Å². The van der Waals surface area contributed by atoms with Gasteiger partial charge < -0.3 is 4.42 Å². The summed E-state index contributed by atoms with van der Waals surface area (Å²) in [5.74, 6) is 0. The van der Waals surface area contributed by atoms with Crippen LogP contribution in [-0.4, -0.2) is 0 Å². The summed E-state index contributed by atoms with van der Waals surface area (Å²) < 4.78 is 8.73. The van der Waals surface area contributed by atoms with E-state index in [1.807, 2.05) is 47.7 Å². The van der Waals surface area contributed by atoms with Gasteiger partial charge in [0.05, 0.1) is 11.6 Å². The van der Waals surface area contributed by atoms with Gasteiger partial charge in [-0.1, -0.05) is 91.0 Å². The van der Waals surface area contributed by atoms with Gasteiger partial charge in [0.1, 0.15) is 11.2 Å². The molecule has 0 saturated carbocycles. The number of para-hydroxylation sites is 1. The van der Waals surface area contributed by atoms with Gasteiger partial charge in [-0.15, -0.1) is 11.3 Å². The highest BCUT2D eigenvalue weighted by molar-refractivity contribution is 7.26. The maximum absolute atomic E-state index is 10.0. The summed E-state index contributed by atoms with van der Waals surface area (Å²) in [6, 6.07) is 46.6. The molecular formula is C37H21NOS. The fourth-order valence-electron chi connectivity index (χ4n) is 5.86. The summed E-state index contributed by atoms with van der Waals surface area (Å²) >= 11 is 1.82. The molecule has 0 unspecified atom stereocenters. The first-order valence-electron chi connectivity index (χ1n) is 13.2. The molecule has 186 valence electrons. The van der Waals surface area contributed by atoms with E-state index in [2.05, 4.69) is 97.1 Å². The van der Waals surface area contributed by atoms with Crippen LogP contribution in [-0.2, 0) is 0 Å². The van der Waals surface area contributed by atoms with Crippen LogP contribution >= 0.6 is 11.3 Å². The average Bonchev–Trinajstić information content (AvgIpc) is 3.59. The molecule has 8 aromatic rings. The summed E-state index contributed by atoms with van der Waals surface area (Å²) in [6.07, 6.45) is 0. The van der Waals surface area contributed by atoms with E-state index in [9.17, 15) is 5.26 Å². The number of nitrogens with zero attached hydrogens (tertiary/aromatic N) is 1. The lowest BCUT2D eigenvalue weighted by atomic mass is 9.88. The zero-order chi connectivity index (χ0) is 26.6. The first-order valence-corrected chi connectivity index (χ1v) is 14.1. The van der Waals surface area contributed by atoms with E-state index in [4.69, 9.17) is 4.42 Å². The number of benzene rings is 6. The van der Waals surface area contributed by atoms with Crippen molar-refractivity contribution in [3.05, 3.63) is 133 Å². The van der Waals surface area contributed by atoms with E-state index in [0.29, 0.717) is 5.56 Å². The molecule has 0 aliphatic heterocycles. The van der Waals surface area contributed by atoms with E-state index in [1.165, 1.54) is 25.7 Å². The normalized spacial score (nSPS) is 11.5. The van der Waals surface area contributed by atoms with Crippen molar-refractivity contribution in [2.24, 2.45) is 0 Å². The lowest BCUT2D eigenvalue weighted by molar-refractivity contribution is 0.669. The van der Waals surface area contributed by atoms with Crippen LogP contribution in [0.5, 0.6) is 0 Å². The van der Waals surface area contributed by atoms with E-state index in [-0.39, 0.29) is 0 Å². The van der Waals surface area contributed by atoms with Gasteiger partial charge in [0, 0.05) is 42.1 Å². The Labute approximate surface area is 235 Å². The predicted octanol–water partition coefficient (Wildman–Crippen LogP) is 10.8. The summed E-state index contributed by atoms with van der Waals surface area (Å²) in [6.45, 7) is 0. The molecule has 8 rings (SSSR count). The van der Waals surface area contributed by atoms with E-state index in [0.717, 1.165) is 49.8 Å². The van der Waals surface area contributed by atoms with Gasteiger partial charge in [0.25, 0.3) is 0 Å². The summed E-state index contributed by atoms with van der Waals surface area (Å²) in [5.41, 5.74) is 8.87. The number of furan rings is 1. The van der Waals surface area contributed by atoms with Crippen LogP contribution in [0.25, 0.3) is 75.5 Å². The molecule has 40 heavy (non-hydrogen) atoms. The SMILES string of the molecule is N#Cc1ccccc1-c1cc(-c2ccc3c(c2)oc2ccccc23)ccc1-c1cccc2c1sc1ccccc12. The Balaban J connectivity index is 1.38. The summed E-state index contributed by atoms with van der Waals surface area (Å²) in [7, 11) is 0. The Hall–Kier alpha value is -5.17. The second kappa shape index (κ2) is 8.95. The van der Waals surface area contributed by atoms with Gasteiger partial charge in [0.2, 0.25) is 0 Å². The van der Waals surface area contributed by atoms with Crippen LogP contribution in [0.1, 0.15) is 5.56 Å². The highest BCUT2D eigenvalue weighted by atomic mass is 32.1. The minimum Gasteiger partial charge on any atom is -0.456 e. The van der Waals surface area contributed by atoms with Crippen LogP contribution in [0, 0.1) is 11.3 Å². The number of nitriles is 1. The van der Waals surface area contributed by atoms with Gasteiger partial charge >= 0.3 is 0 Å². The number of rotatable bonds is 3. The van der Waals surface area contributed by atoms with Crippen LogP contribution in [0.4, 0.5) is 0 Å². The third-order valence-electron chi connectivity index (χ3n) is 7.76. The smallest absolute Gasteiger partial charge is 0.136 e. The molecule has 0 N–H and O–H groups in total. The maximum Gasteiger partial charge on any atom is 0.136 e. The molecule has 2 aromatic heterocycles.